The van der Waals surface area contributed by atoms with Gasteiger partial charge in [-0.25, -0.2) is 0 Å². The number of Topliss-reactive ketones (excluding diaryl/α,β-unsaturated/α-hetero) is 1. The summed E-state index contributed by atoms with van der Waals surface area (Å²) in [4.78, 5) is 15.8. The highest BCUT2D eigenvalue weighted by molar-refractivity contribution is 6.35. The van der Waals surface area contributed by atoms with Crippen LogP contribution in [0, 0.1) is 28.1 Å². The van der Waals surface area contributed by atoms with Gasteiger partial charge in [-0.1, -0.05) is 83.9 Å². The monoisotopic (exact) mass is 469 g/mol. The van der Waals surface area contributed by atoms with Crippen molar-refractivity contribution in [3.05, 3.63) is 111 Å². The molecule has 0 aliphatic carbocycles. The fourth-order valence-corrected chi connectivity index (χ4v) is 5.69. The Hall–Kier alpha value is -3.57. The van der Waals surface area contributed by atoms with E-state index in [1.165, 1.54) is 0 Å². The maximum absolute atomic E-state index is 13.9. The van der Waals surface area contributed by atoms with Gasteiger partial charge in [0.1, 0.15) is 6.04 Å². The largest absolute Gasteiger partial charge is 0.357 e. The smallest absolute Gasteiger partial charge is 0.185 e. The molecule has 0 radical (unpaired) electrons. The van der Waals surface area contributed by atoms with Crippen molar-refractivity contribution in [1.29, 1.82) is 10.5 Å². The molecular formula is C27H17Cl2N3O. The van der Waals surface area contributed by atoms with Crippen molar-refractivity contribution in [3.8, 4) is 12.1 Å². The fraction of sp³-hybridized carbons (Fsp3) is 0.148. The molecule has 0 bridgehead atoms. The van der Waals surface area contributed by atoms with Crippen LogP contribution >= 0.6 is 23.2 Å². The van der Waals surface area contributed by atoms with Crippen molar-refractivity contribution in [2.24, 2.45) is 5.41 Å². The molecule has 0 unspecified atom stereocenters. The predicted molar refractivity (Wildman–Crippen MR) is 127 cm³/mol. The molecule has 33 heavy (non-hydrogen) atoms. The number of ketones is 1. The number of halogens is 2. The Bertz CT molecular complexity index is 1360. The zero-order chi connectivity index (χ0) is 23.2. The average Bonchev–Trinajstić information content (AvgIpc) is 3.15. The van der Waals surface area contributed by atoms with Gasteiger partial charge in [-0.2, -0.15) is 10.5 Å². The van der Waals surface area contributed by atoms with E-state index in [9.17, 15) is 15.3 Å². The summed E-state index contributed by atoms with van der Waals surface area (Å²) in [7, 11) is 0. The predicted octanol–water partition coefficient (Wildman–Crippen LogP) is 6.40. The summed E-state index contributed by atoms with van der Waals surface area (Å²) >= 11 is 12.8. The summed E-state index contributed by atoms with van der Waals surface area (Å²) in [6, 6.07) is 24.7. The molecule has 5 rings (SSSR count). The summed E-state index contributed by atoms with van der Waals surface area (Å²) < 4.78 is 0. The molecule has 0 spiro atoms. The van der Waals surface area contributed by atoms with Crippen LogP contribution < -0.4 is 0 Å². The van der Waals surface area contributed by atoms with Crippen LogP contribution in [0.5, 0.6) is 0 Å². The molecule has 160 valence electrons. The molecule has 0 N–H and O–H groups in total. The first kappa shape index (κ1) is 21.3. The molecule has 2 heterocycles. The molecule has 0 saturated carbocycles. The number of hydrogen-bond donors (Lipinski definition) is 0. The van der Waals surface area contributed by atoms with Gasteiger partial charge in [0, 0.05) is 27.7 Å². The van der Waals surface area contributed by atoms with Crippen LogP contribution in [0.1, 0.15) is 39.0 Å². The first-order chi connectivity index (χ1) is 16.0. The van der Waals surface area contributed by atoms with E-state index in [1.807, 2.05) is 47.5 Å². The average molecular weight is 470 g/mol. The molecule has 2 aliphatic heterocycles. The topological polar surface area (TPSA) is 67.9 Å². The van der Waals surface area contributed by atoms with Crippen LogP contribution in [0.2, 0.25) is 10.0 Å². The summed E-state index contributed by atoms with van der Waals surface area (Å²) in [5.41, 5.74) is 1.26. The molecular weight excluding hydrogens is 453 g/mol. The first-order valence-corrected chi connectivity index (χ1v) is 11.2. The normalized spacial score (nSPS) is 22.1. The van der Waals surface area contributed by atoms with Crippen molar-refractivity contribution in [2.75, 3.05) is 0 Å². The highest BCUT2D eigenvalue weighted by Crippen LogP contribution is 2.60. The van der Waals surface area contributed by atoms with Gasteiger partial charge < -0.3 is 4.90 Å². The number of hydrogen-bond acceptors (Lipinski definition) is 4. The number of nitrogens with zero attached hydrogens (tertiary/aromatic N) is 3. The van der Waals surface area contributed by atoms with Crippen molar-refractivity contribution in [2.45, 2.75) is 18.0 Å². The Morgan fingerprint density at radius 2 is 1.61 bits per heavy atom. The Morgan fingerprint density at radius 3 is 2.30 bits per heavy atom. The van der Waals surface area contributed by atoms with Gasteiger partial charge in [0.2, 0.25) is 0 Å². The van der Waals surface area contributed by atoms with E-state index in [0.717, 1.165) is 11.1 Å². The van der Waals surface area contributed by atoms with Crippen molar-refractivity contribution in [1.82, 2.24) is 4.90 Å². The van der Waals surface area contributed by atoms with Crippen molar-refractivity contribution >= 4 is 35.1 Å². The highest BCUT2D eigenvalue weighted by Gasteiger charge is 2.64. The van der Waals surface area contributed by atoms with Crippen molar-refractivity contribution in [3.63, 3.8) is 0 Å². The SMILES string of the molecule is N#CC1(C#N)[C@H](c2ccc(Cl)cc2Cl)[C@H](C(=O)c2ccccc2)N2C=Cc3ccccc3[C@@H]21. The van der Waals surface area contributed by atoms with Gasteiger partial charge in [-0.3, -0.25) is 4.79 Å². The van der Waals surface area contributed by atoms with Crippen LogP contribution in [-0.4, -0.2) is 16.7 Å². The van der Waals surface area contributed by atoms with Gasteiger partial charge in [-0.15, -0.1) is 0 Å². The van der Waals surface area contributed by atoms with Gasteiger partial charge in [-0.05, 0) is 34.9 Å². The third-order valence-electron chi connectivity index (χ3n) is 6.57. The minimum atomic E-state index is -1.56. The molecule has 0 aromatic heterocycles. The molecule has 3 atom stereocenters. The number of carbonyl (C=O) groups excluding carboxylic acids is 1. The highest BCUT2D eigenvalue weighted by atomic mass is 35.5. The fourth-order valence-electron chi connectivity index (χ4n) is 5.17. The Balaban J connectivity index is 1.80. The van der Waals surface area contributed by atoms with E-state index in [2.05, 4.69) is 12.1 Å². The van der Waals surface area contributed by atoms with E-state index in [4.69, 9.17) is 23.2 Å². The van der Waals surface area contributed by atoms with Gasteiger partial charge in [0.15, 0.2) is 11.2 Å². The number of fused-ring (bicyclic) bond motifs is 3. The molecule has 0 amide bonds. The van der Waals surface area contributed by atoms with Crippen LogP contribution in [0.15, 0.2) is 79.0 Å². The zero-order valence-electron chi connectivity index (χ0n) is 17.3. The second kappa shape index (κ2) is 8.09. The van der Waals surface area contributed by atoms with E-state index in [1.54, 1.807) is 42.5 Å². The minimum Gasteiger partial charge on any atom is -0.357 e. The molecule has 6 heteroatoms. The van der Waals surface area contributed by atoms with Crippen LogP contribution in [-0.2, 0) is 0 Å². The van der Waals surface area contributed by atoms with Crippen LogP contribution in [0.3, 0.4) is 0 Å². The second-order valence-electron chi connectivity index (χ2n) is 8.21. The van der Waals surface area contributed by atoms with E-state index < -0.39 is 23.4 Å². The quantitative estimate of drug-likeness (QED) is 0.415. The summed E-state index contributed by atoms with van der Waals surface area (Å²) in [6.07, 6.45) is 3.74. The molecule has 3 aromatic carbocycles. The summed E-state index contributed by atoms with van der Waals surface area (Å²) in [6.45, 7) is 0. The van der Waals surface area contributed by atoms with Crippen molar-refractivity contribution < 1.29 is 4.79 Å². The van der Waals surface area contributed by atoms with E-state index >= 15 is 0 Å². The molecule has 4 nitrogen and oxygen atoms in total. The summed E-state index contributed by atoms with van der Waals surface area (Å²) in [5.74, 6) is -0.973. The Labute approximate surface area is 201 Å². The molecule has 1 fully saturated rings. The number of rotatable bonds is 3. The zero-order valence-corrected chi connectivity index (χ0v) is 18.8. The molecule has 2 aliphatic rings. The number of benzene rings is 3. The third kappa shape index (κ3) is 3.15. The van der Waals surface area contributed by atoms with E-state index in [-0.39, 0.29) is 5.78 Å². The lowest BCUT2D eigenvalue weighted by Gasteiger charge is -2.34. The van der Waals surface area contributed by atoms with Gasteiger partial charge in [0.05, 0.1) is 18.2 Å². The third-order valence-corrected chi connectivity index (χ3v) is 7.13. The Kier molecular flexibility index (Phi) is 5.22. The van der Waals surface area contributed by atoms with E-state index in [0.29, 0.717) is 21.2 Å². The molecule has 1 saturated heterocycles. The minimum absolute atomic E-state index is 0.173. The molecule has 3 aromatic rings. The lowest BCUT2D eigenvalue weighted by molar-refractivity contribution is 0.0875. The van der Waals surface area contributed by atoms with Gasteiger partial charge >= 0.3 is 0 Å². The first-order valence-electron chi connectivity index (χ1n) is 10.4. The van der Waals surface area contributed by atoms with Crippen LogP contribution in [0.25, 0.3) is 6.08 Å². The summed E-state index contributed by atoms with van der Waals surface area (Å²) in [5, 5.41) is 21.8. The van der Waals surface area contributed by atoms with Gasteiger partial charge in [0.25, 0.3) is 0 Å². The second-order valence-corrected chi connectivity index (χ2v) is 9.05. The standard InChI is InChI=1S/C27H17Cl2N3O/c28-19-10-11-21(22(29)14-19)23-24(25(33)18-7-2-1-3-8-18)32-13-12-17-6-4-5-9-20(17)26(32)27(23,15-30)16-31/h1-14,23-24,26H/t23-,24-,26-/m1/s1. The lowest BCUT2D eigenvalue weighted by Crippen LogP contribution is -2.37. The maximum atomic E-state index is 13.9. The number of nitriles is 2. The Morgan fingerprint density at radius 1 is 0.909 bits per heavy atom. The lowest BCUT2D eigenvalue weighted by atomic mass is 9.67. The van der Waals surface area contributed by atoms with Crippen LogP contribution in [0.4, 0.5) is 0 Å². The maximum Gasteiger partial charge on any atom is 0.185 e. The number of carbonyl (C=O) groups is 1.